The third kappa shape index (κ3) is 3.52. The van der Waals surface area contributed by atoms with Gasteiger partial charge in [0, 0.05) is 18.3 Å². The Morgan fingerprint density at radius 2 is 1.68 bits per heavy atom. The molecular weight excluding hydrogens is 246 g/mol. The molecule has 2 rings (SSSR count). The number of rotatable bonds is 4. The number of nitrogens with one attached hydrogen (secondary N) is 1. The molecular formula is C15H12F2N2. The highest BCUT2D eigenvalue weighted by atomic mass is 19.1. The molecule has 0 aromatic heterocycles. The molecule has 4 heteroatoms. The van der Waals surface area contributed by atoms with Gasteiger partial charge in [0.2, 0.25) is 0 Å². The van der Waals surface area contributed by atoms with Crippen molar-refractivity contribution in [3.63, 3.8) is 0 Å². The molecule has 0 aliphatic carbocycles. The number of nitrogens with zero attached hydrogens (tertiary/aromatic N) is 1. The fraction of sp³-hybridized carbons (Fsp3) is 0.133. The molecule has 0 radical (unpaired) electrons. The zero-order chi connectivity index (χ0) is 13.7. The van der Waals surface area contributed by atoms with Gasteiger partial charge in [-0.2, -0.15) is 5.26 Å². The quantitative estimate of drug-likeness (QED) is 0.908. The molecule has 0 fully saturated rings. The molecule has 1 unspecified atom stereocenters. The summed E-state index contributed by atoms with van der Waals surface area (Å²) >= 11 is 0. The first-order valence-corrected chi connectivity index (χ1v) is 5.83. The van der Waals surface area contributed by atoms with Gasteiger partial charge in [-0.1, -0.05) is 30.3 Å². The maximum atomic E-state index is 13.0. The molecule has 1 atom stereocenters. The van der Waals surface area contributed by atoms with Gasteiger partial charge < -0.3 is 5.32 Å². The Hall–Kier alpha value is -2.41. The zero-order valence-electron chi connectivity index (χ0n) is 10.1. The summed E-state index contributed by atoms with van der Waals surface area (Å²) < 4.78 is 26.0. The van der Waals surface area contributed by atoms with Crippen LogP contribution in [0.3, 0.4) is 0 Å². The summed E-state index contributed by atoms with van der Waals surface area (Å²) in [5, 5.41) is 12.0. The number of hydrogen-bond donors (Lipinski definition) is 1. The number of anilines is 1. The molecule has 0 saturated carbocycles. The topological polar surface area (TPSA) is 35.8 Å². The average Bonchev–Trinajstić information content (AvgIpc) is 2.39. The molecule has 2 aromatic carbocycles. The largest absolute Gasteiger partial charge is 0.383 e. The molecule has 0 saturated heterocycles. The molecule has 0 heterocycles. The van der Waals surface area contributed by atoms with Crippen molar-refractivity contribution in [2.75, 3.05) is 11.9 Å². The molecule has 0 aliphatic rings. The van der Waals surface area contributed by atoms with Gasteiger partial charge in [0.05, 0.1) is 12.0 Å². The lowest BCUT2D eigenvalue weighted by Crippen LogP contribution is -2.11. The van der Waals surface area contributed by atoms with E-state index in [0.29, 0.717) is 12.2 Å². The van der Waals surface area contributed by atoms with Gasteiger partial charge in [0.15, 0.2) is 0 Å². The van der Waals surface area contributed by atoms with Crippen LogP contribution >= 0.6 is 0 Å². The minimum Gasteiger partial charge on any atom is -0.383 e. The van der Waals surface area contributed by atoms with Gasteiger partial charge in [0.25, 0.3) is 0 Å². The Morgan fingerprint density at radius 3 is 2.26 bits per heavy atom. The van der Waals surface area contributed by atoms with E-state index in [1.165, 1.54) is 12.1 Å². The zero-order valence-corrected chi connectivity index (χ0v) is 10.1. The van der Waals surface area contributed by atoms with Crippen molar-refractivity contribution in [2.45, 2.75) is 5.92 Å². The molecule has 1 N–H and O–H groups in total. The maximum absolute atomic E-state index is 13.0. The Labute approximate surface area is 110 Å². The van der Waals surface area contributed by atoms with Crippen molar-refractivity contribution in [1.29, 1.82) is 5.26 Å². The van der Waals surface area contributed by atoms with E-state index in [-0.39, 0.29) is 5.92 Å². The highest BCUT2D eigenvalue weighted by Crippen LogP contribution is 2.17. The van der Waals surface area contributed by atoms with E-state index < -0.39 is 11.6 Å². The fourth-order valence-corrected chi connectivity index (χ4v) is 1.80. The minimum atomic E-state index is -0.643. The van der Waals surface area contributed by atoms with E-state index in [0.717, 1.165) is 11.6 Å². The maximum Gasteiger partial charge on any atom is 0.128 e. The Bertz CT molecular complexity index is 571. The van der Waals surface area contributed by atoms with E-state index in [9.17, 15) is 8.78 Å². The van der Waals surface area contributed by atoms with Crippen LogP contribution in [0.5, 0.6) is 0 Å². The van der Waals surface area contributed by atoms with Crippen LogP contribution in [-0.2, 0) is 0 Å². The van der Waals surface area contributed by atoms with Crippen molar-refractivity contribution >= 4 is 5.69 Å². The van der Waals surface area contributed by atoms with Crippen LogP contribution in [0.25, 0.3) is 0 Å². The fourth-order valence-electron chi connectivity index (χ4n) is 1.80. The number of benzene rings is 2. The van der Waals surface area contributed by atoms with Gasteiger partial charge in [-0.15, -0.1) is 0 Å². The average molecular weight is 258 g/mol. The Balaban J connectivity index is 2.07. The van der Waals surface area contributed by atoms with Crippen LogP contribution in [0.1, 0.15) is 11.5 Å². The molecule has 2 aromatic rings. The Kier molecular flexibility index (Phi) is 4.09. The van der Waals surface area contributed by atoms with Gasteiger partial charge in [-0.3, -0.25) is 0 Å². The summed E-state index contributed by atoms with van der Waals surface area (Å²) in [6.45, 7) is 0.295. The van der Waals surface area contributed by atoms with Crippen LogP contribution in [0.4, 0.5) is 14.5 Å². The lowest BCUT2D eigenvalue weighted by molar-refractivity contribution is 0.584. The molecule has 0 bridgehead atoms. The standard InChI is InChI=1S/C15H12F2N2/c16-13-6-14(17)8-15(7-13)19-10-12(9-18)11-4-2-1-3-5-11/h1-8,12,19H,10H2. The van der Waals surface area contributed by atoms with E-state index in [1.54, 1.807) is 0 Å². The first-order chi connectivity index (χ1) is 9.19. The van der Waals surface area contributed by atoms with E-state index >= 15 is 0 Å². The lowest BCUT2D eigenvalue weighted by Gasteiger charge is -2.12. The van der Waals surface area contributed by atoms with E-state index in [2.05, 4.69) is 11.4 Å². The molecule has 0 spiro atoms. The number of halogens is 2. The van der Waals surface area contributed by atoms with Crippen LogP contribution in [-0.4, -0.2) is 6.54 Å². The summed E-state index contributed by atoms with van der Waals surface area (Å²) in [7, 11) is 0. The predicted molar refractivity (Wildman–Crippen MR) is 69.6 cm³/mol. The minimum absolute atomic E-state index is 0.295. The smallest absolute Gasteiger partial charge is 0.128 e. The summed E-state index contributed by atoms with van der Waals surface area (Å²) in [6, 6.07) is 14.6. The van der Waals surface area contributed by atoms with E-state index in [1.807, 2.05) is 30.3 Å². The van der Waals surface area contributed by atoms with Crippen molar-refractivity contribution < 1.29 is 8.78 Å². The number of hydrogen-bond acceptors (Lipinski definition) is 2. The van der Waals surface area contributed by atoms with Crippen LogP contribution in [0.2, 0.25) is 0 Å². The van der Waals surface area contributed by atoms with Crippen LogP contribution in [0, 0.1) is 23.0 Å². The summed E-state index contributed by atoms with van der Waals surface area (Å²) in [4.78, 5) is 0. The van der Waals surface area contributed by atoms with Crippen molar-refractivity contribution in [2.24, 2.45) is 0 Å². The summed E-state index contributed by atoms with van der Waals surface area (Å²) in [6.07, 6.45) is 0. The van der Waals surface area contributed by atoms with Gasteiger partial charge in [0.1, 0.15) is 11.6 Å². The van der Waals surface area contributed by atoms with Crippen LogP contribution in [0.15, 0.2) is 48.5 Å². The second kappa shape index (κ2) is 5.96. The lowest BCUT2D eigenvalue weighted by atomic mass is 10.0. The first-order valence-electron chi connectivity index (χ1n) is 5.83. The van der Waals surface area contributed by atoms with Gasteiger partial charge in [-0.25, -0.2) is 8.78 Å². The van der Waals surface area contributed by atoms with E-state index in [4.69, 9.17) is 5.26 Å². The molecule has 2 nitrogen and oxygen atoms in total. The van der Waals surface area contributed by atoms with Crippen molar-refractivity contribution in [3.8, 4) is 6.07 Å². The van der Waals surface area contributed by atoms with Crippen molar-refractivity contribution in [3.05, 3.63) is 65.7 Å². The Morgan fingerprint density at radius 1 is 1.05 bits per heavy atom. The number of nitriles is 1. The second-order valence-electron chi connectivity index (χ2n) is 4.13. The summed E-state index contributed by atoms with van der Waals surface area (Å²) in [5.74, 6) is -1.65. The molecule has 0 amide bonds. The highest BCUT2D eigenvalue weighted by molar-refractivity contribution is 5.44. The monoisotopic (exact) mass is 258 g/mol. The second-order valence-corrected chi connectivity index (χ2v) is 4.13. The summed E-state index contributed by atoms with van der Waals surface area (Å²) in [5.41, 5.74) is 1.20. The normalized spacial score (nSPS) is 11.6. The molecule has 96 valence electrons. The first kappa shape index (κ1) is 13.0. The van der Waals surface area contributed by atoms with Crippen LogP contribution < -0.4 is 5.32 Å². The van der Waals surface area contributed by atoms with Gasteiger partial charge in [-0.05, 0) is 17.7 Å². The third-order valence-electron chi connectivity index (χ3n) is 2.73. The predicted octanol–water partition coefficient (Wildman–Crippen LogP) is 3.68. The third-order valence-corrected chi connectivity index (χ3v) is 2.73. The molecule has 0 aliphatic heterocycles. The highest BCUT2D eigenvalue weighted by Gasteiger charge is 2.10. The SMILES string of the molecule is N#CC(CNc1cc(F)cc(F)c1)c1ccccc1. The van der Waals surface area contributed by atoms with Crippen molar-refractivity contribution in [1.82, 2.24) is 0 Å². The van der Waals surface area contributed by atoms with Gasteiger partial charge >= 0.3 is 0 Å². The molecule has 19 heavy (non-hydrogen) atoms.